The van der Waals surface area contributed by atoms with E-state index in [9.17, 15) is 9.59 Å². The van der Waals surface area contributed by atoms with Crippen LogP contribution in [0, 0.1) is 0 Å². The van der Waals surface area contributed by atoms with Gasteiger partial charge in [-0.3, -0.25) is 9.59 Å². The molecule has 0 aromatic heterocycles. The number of aliphatic carboxylic acids is 1. The van der Waals surface area contributed by atoms with Gasteiger partial charge in [0.05, 0.1) is 26.9 Å². The van der Waals surface area contributed by atoms with Gasteiger partial charge in [0.25, 0.3) is 5.91 Å². The first kappa shape index (κ1) is 17.6. The van der Waals surface area contributed by atoms with Gasteiger partial charge in [-0.25, -0.2) is 0 Å². The average molecular weight is 311 g/mol. The van der Waals surface area contributed by atoms with Crippen molar-refractivity contribution in [2.24, 2.45) is 0 Å². The van der Waals surface area contributed by atoms with Crippen LogP contribution in [-0.4, -0.2) is 44.4 Å². The number of hydrogen-bond donors (Lipinski definition) is 2. The smallest absolute Gasteiger partial charge is 0.303 e. The molecule has 1 amide bonds. The number of carbonyl (C=O) groups is 2. The molecule has 0 bridgehead atoms. The molecule has 1 rings (SSSR count). The van der Waals surface area contributed by atoms with Crippen LogP contribution in [0.1, 0.15) is 30.1 Å². The van der Waals surface area contributed by atoms with Gasteiger partial charge in [-0.2, -0.15) is 0 Å². The lowest BCUT2D eigenvalue weighted by molar-refractivity contribution is -0.137. The molecule has 1 aromatic rings. The molecule has 0 radical (unpaired) electrons. The van der Waals surface area contributed by atoms with Crippen LogP contribution in [0.4, 0.5) is 0 Å². The molecule has 0 aliphatic rings. The molecule has 1 aromatic carbocycles. The molecule has 0 aliphatic heterocycles. The van der Waals surface area contributed by atoms with Crippen molar-refractivity contribution in [2.75, 3.05) is 21.3 Å². The SMILES string of the molecule is COc1ccc(C(=O)NC(C)CCC(=O)O)c(OC)c1OC. The zero-order valence-electron chi connectivity index (χ0n) is 13.1. The molecule has 0 saturated carbocycles. The Hall–Kier alpha value is -2.44. The molecule has 122 valence electrons. The molecule has 0 saturated heterocycles. The fourth-order valence-corrected chi connectivity index (χ4v) is 1.99. The number of carboxylic acid groups (broad SMARTS) is 1. The minimum absolute atomic E-state index is 0.00941. The molecule has 1 atom stereocenters. The molecule has 0 aliphatic carbocycles. The maximum Gasteiger partial charge on any atom is 0.303 e. The highest BCUT2D eigenvalue weighted by Crippen LogP contribution is 2.39. The van der Waals surface area contributed by atoms with Crippen LogP contribution in [0.15, 0.2) is 12.1 Å². The zero-order valence-corrected chi connectivity index (χ0v) is 13.1. The van der Waals surface area contributed by atoms with E-state index in [-0.39, 0.29) is 24.1 Å². The maximum atomic E-state index is 12.3. The van der Waals surface area contributed by atoms with Gasteiger partial charge < -0.3 is 24.6 Å². The molecule has 2 N–H and O–H groups in total. The van der Waals surface area contributed by atoms with Gasteiger partial charge in [0.15, 0.2) is 11.5 Å². The number of amides is 1. The Morgan fingerprint density at radius 1 is 1.14 bits per heavy atom. The van der Waals surface area contributed by atoms with Crippen molar-refractivity contribution in [1.82, 2.24) is 5.32 Å². The van der Waals surface area contributed by atoms with Crippen molar-refractivity contribution < 1.29 is 28.9 Å². The highest BCUT2D eigenvalue weighted by Gasteiger charge is 2.21. The van der Waals surface area contributed by atoms with Gasteiger partial charge in [0.2, 0.25) is 5.75 Å². The minimum Gasteiger partial charge on any atom is -0.493 e. The fraction of sp³-hybridized carbons (Fsp3) is 0.467. The first-order chi connectivity index (χ1) is 10.4. The maximum absolute atomic E-state index is 12.3. The van der Waals surface area contributed by atoms with E-state index >= 15 is 0 Å². The summed E-state index contributed by atoms with van der Waals surface area (Å²) in [5.41, 5.74) is 0.294. The van der Waals surface area contributed by atoms with E-state index in [1.165, 1.54) is 21.3 Å². The van der Waals surface area contributed by atoms with Gasteiger partial charge in [-0.1, -0.05) is 0 Å². The second kappa shape index (κ2) is 8.11. The molecule has 7 heteroatoms. The molecular formula is C15H21NO6. The van der Waals surface area contributed by atoms with Crippen molar-refractivity contribution in [3.05, 3.63) is 17.7 Å². The summed E-state index contributed by atoms with van der Waals surface area (Å²) >= 11 is 0. The lowest BCUT2D eigenvalue weighted by atomic mass is 10.1. The Labute approximate surface area is 129 Å². The summed E-state index contributed by atoms with van der Waals surface area (Å²) in [7, 11) is 4.38. The monoisotopic (exact) mass is 311 g/mol. The van der Waals surface area contributed by atoms with Crippen molar-refractivity contribution >= 4 is 11.9 Å². The topological polar surface area (TPSA) is 94.1 Å². The summed E-state index contributed by atoms with van der Waals surface area (Å²) in [6, 6.07) is 2.90. The summed E-state index contributed by atoms with van der Waals surface area (Å²) < 4.78 is 15.6. The summed E-state index contributed by atoms with van der Waals surface area (Å²) in [5, 5.41) is 11.4. The second-order valence-corrected chi connectivity index (χ2v) is 4.69. The van der Waals surface area contributed by atoms with Crippen LogP contribution in [-0.2, 0) is 4.79 Å². The summed E-state index contributed by atoms with van der Waals surface area (Å²) in [5.74, 6) is -0.212. The van der Waals surface area contributed by atoms with E-state index in [1.54, 1.807) is 19.1 Å². The van der Waals surface area contributed by atoms with E-state index in [0.717, 1.165) is 0 Å². The summed E-state index contributed by atoms with van der Waals surface area (Å²) in [6.07, 6.45) is 0.335. The Kier molecular flexibility index (Phi) is 6.49. The third-order valence-corrected chi connectivity index (χ3v) is 3.12. The number of nitrogens with one attached hydrogen (secondary N) is 1. The third-order valence-electron chi connectivity index (χ3n) is 3.12. The number of hydrogen-bond acceptors (Lipinski definition) is 5. The number of rotatable bonds is 8. The first-order valence-corrected chi connectivity index (χ1v) is 6.76. The Balaban J connectivity index is 2.95. The van der Waals surface area contributed by atoms with E-state index in [1.807, 2.05) is 0 Å². The Morgan fingerprint density at radius 3 is 2.27 bits per heavy atom. The molecule has 0 spiro atoms. The second-order valence-electron chi connectivity index (χ2n) is 4.69. The number of carbonyl (C=O) groups excluding carboxylic acids is 1. The van der Waals surface area contributed by atoms with Gasteiger partial charge >= 0.3 is 5.97 Å². The van der Waals surface area contributed by atoms with Crippen LogP contribution in [0.5, 0.6) is 17.2 Å². The highest BCUT2D eigenvalue weighted by molar-refractivity contribution is 5.98. The van der Waals surface area contributed by atoms with Crippen LogP contribution >= 0.6 is 0 Å². The normalized spacial score (nSPS) is 11.5. The molecule has 22 heavy (non-hydrogen) atoms. The van der Waals surface area contributed by atoms with Gasteiger partial charge in [0, 0.05) is 12.5 Å². The van der Waals surface area contributed by atoms with Gasteiger partial charge in [-0.05, 0) is 25.5 Å². The first-order valence-electron chi connectivity index (χ1n) is 6.76. The quantitative estimate of drug-likeness (QED) is 0.759. The lowest BCUT2D eigenvalue weighted by Gasteiger charge is -2.17. The number of ether oxygens (including phenoxy) is 3. The average Bonchev–Trinajstić information content (AvgIpc) is 2.50. The molecule has 0 heterocycles. The number of carboxylic acids is 1. The molecule has 0 fully saturated rings. The van der Waals surface area contributed by atoms with Crippen LogP contribution in [0.25, 0.3) is 0 Å². The van der Waals surface area contributed by atoms with Crippen molar-refractivity contribution in [3.8, 4) is 17.2 Å². The van der Waals surface area contributed by atoms with Crippen LogP contribution in [0.2, 0.25) is 0 Å². The standard InChI is InChI=1S/C15H21NO6/c1-9(5-8-12(17)18)16-15(19)10-6-7-11(20-2)14(22-4)13(10)21-3/h6-7,9H,5,8H2,1-4H3,(H,16,19)(H,17,18). The van der Waals surface area contributed by atoms with Crippen LogP contribution in [0.3, 0.4) is 0 Å². The predicted octanol–water partition coefficient (Wildman–Crippen LogP) is 1.70. The van der Waals surface area contributed by atoms with Gasteiger partial charge in [0.1, 0.15) is 0 Å². The molecule has 1 unspecified atom stereocenters. The van der Waals surface area contributed by atoms with E-state index in [2.05, 4.69) is 5.32 Å². The Bertz CT molecular complexity index is 543. The van der Waals surface area contributed by atoms with Crippen molar-refractivity contribution in [1.29, 1.82) is 0 Å². The number of methoxy groups -OCH3 is 3. The predicted molar refractivity (Wildman–Crippen MR) is 79.9 cm³/mol. The largest absolute Gasteiger partial charge is 0.493 e. The van der Waals surface area contributed by atoms with E-state index in [4.69, 9.17) is 19.3 Å². The molecular weight excluding hydrogens is 290 g/mol. The minimum atomic E-state index is -0.898. The summed E-state index contributed by atoms with van der Waals surface area (Å²) in [6.45, 7) is 1.74. The summed E-state index contributed by atoms with van der Waals surface area (Å²) in [4.78, 5) is 22.9. The van der Waals surface area contributed by atoms with E-state index < -0.39 is 5.97 Å². The van der Waals surface area contributed by atoms with Crippen molar-refractivity contribution in [3.63, 3.8) is 0 Å². The Morgan fingerprint density at radius 2 is 1.77 bits per heavy atom. The van der Waals surface area contributed by atoms with Gasteiger partial charge in [-0.15, -0.1) is 0 Å². The van der Waals surface area contributed by atoms with Crippen LogP contribution < -0.4 is 19.5 Å². The van der Waals surface area contributed by atoms with E-state index in [0.29, 0.717) is 23.5 Å². The third kappa shape index (κ3) is 4.28. The lowest BCUT2D eigenvalue weighted by Crippen LogP contribution is -2.33. The zero-order chi connectivity index (χ0) is 16.7. The van der Waals surface area contributed by atoms with Crippen molar-refractivity contribution in [2.45, 2.75) is 25.8 Å². The molecule has 7 nitrogen and oxygen atoms in total. The number of benzene rings is 1. The fourth-order valence-electron chi connectivity index (χ4n) is 1.99. The highest BCUT2D eigenvalue weighted by atomic mass is 16.5.